The summed E-state index contributed by atoms with van der Waals surface area (Å²) < 4.78 is 26.7. The molecule has 1 unspecified atom stereocenters. The van der Waals surface area contributed by atoms with Gasteiger partial charge in [-0.1, -0.05) is 24.3 Å². The number of halogens is 1. The van der Waals surface area contributed by atoms with E-state index in [2.05, 4.69) is 30.9 Å². The van der Waals surface area contributed by atoms with Crippen LogP contribution in [0.25, 0.3) is 22.2 Å². The minimum absolute atomic E-state index is 0.190. The lowest BCUT2D eigenvalue weighted by molar-refractivity contribution is 0.121. The van der Waals surface area contributed by atoms with Crippen LogP contribution in [0.15, 0.2) is 79.4 Å². The second-order valence-electron chi connectivity index (χ2n) is 9.79. The molecule has 0 aliphatic heterocycles. The Morgan fingerprint density at radius 2 is 1.80 bits per heavy atom. The zero-order valence-electron chi connectivity index (χ0n) is 22.1. The van der Waals surface area contributed by atoms with E-state index in [-0.39, 0.29) is 17.9 Å². The minimum Gasteiger partial charge on any atom is -0.441 e. The number of aromatic nitrogens is 4. The summed E-state index contributed by atoms with van der Waals surface area (Å²) in [5.74, 6) is 0.209. The largest absolute Gasteiger partial charge is 0.441 e. The number of hydrogen-bond donors (Lipinski definition) is 1. The lowest BCUT2D eigenvalue weighted by Crippen LogP contribution is -2.18. The summed E-state index contributed by atoms with van der Waals surface area (Å²) in [6.45, 7) is 1.72. The smallest absolute Gasteiger partial charge is 0.412 e. The van der Waals surface area contributed by atoms with E-state index in [1.165, 1.54) is 24.8 Å². The normalized spacial score (nSPS) is 13.7. The Kier molecular flexibility index (Phi) is 7.00. The van der Waals surface area contributed by atoms with Gasteiger partial charge in [0.25, 0.3) is 0 Å². The second kappa shape index (κ2) is 11.1. The summed E-state index contributed by atoms with van der Waals surface area (Å²) in [7, 11) is 0. The third kappa shape index (κ3) is 5.30. The predicted octanol–water partition coefficient (Wildman–Crippen LogP) is 7.33. The number of anilines is 1. The van der Waals surface area contributed by atoms with Crippen LogP contribution in [-0.2, 0) is 4.74 Å². The highest BCUT2D eigenvalue weighted by molar-refractivity contribution is 5.96. The van der Waals surface area contributed by atoms with Gasteiger partial charge in [-0.3, -0.25) is 5.32 Å². The van der Waals surface area contributed by atoms with Crippen LogP contribution in [0, 0.1) is 17.1 Å². The van der Waals surface area contributed by atoms with Gasteiger partial charge in [-0.25, -0.2) is 14.2 Å². The van der Waals surface area contributed by atoms with E-state index >= 15 is 0 Å². The van der Waals surface area contributed by atoms with Crippen LogP contribution in [-0.4, -0.2) is 25.6 Å². The van der Waals surface area contributed by atoms with E-state index in [0.717, 1.165) is 41.4 Å². The first-order valence-corrected chi connectivity index (χ1v) is 13.2. The maximum atomic E-state index is 13.2. The molecule has 10 heteroatoms. The SMILES string of the molecule is CC(OC(=O)Nc1ccc(-c2c(C#N)c3ccc(Oc4ncncn4)cc3n2C2CCC2)cc1)c1ccc(F)cc1. The van der Waals surface area contributed by atoms with E-state index < -0.39 is 12.2 Å². The summed E-state index contributed by atoms with van der Waals surface area (Å²) in [6.07, 6.45) is 4.71. The zero-order chi connectivity index (χ0) is 28.3. The maximum Gasteiger partial charge on any atom is 0.412 e. The van der Waals surface area contributed by atoms with E-state index in [4.69, 9.17) is 9.47 Å². The number of nitriles is 1. The number of hydrogen-bond acceptors (Lipinski definition) is 7. The highest BCUT2D eigenvalue weighted by Gasteiger charge is 2.28. The Morgan fingerprint density at radius 1 is 1.07 bits per heavy atom. The average molecular weight is 549 g/mol. The van der Waals surface area contributed by atoms with Crippen molar-refractivity contribution >= 4 is 22.7 Å². The van der Waals surface area contributed by atoms with Crippen molar-refractivity contribution in [2.45, 2.75) is 38.3 Å². The quantitative estimate of drug-likeness (QED) is 0.226. The van der Waals surface area contributed by atoms with E-state index in [0.29, 0.717) is 22.6 Å². The molecule has 0 saturated heterocycles. The van der Waals surface area contributed by atoms with Gasteiger partial charge in [-0.05, 0) is 73.7 Å². The Labute approximate surface area is 235 Å². The van der Waals surface area contributed by atoms with Crippen LogP contribution in [0.1, 0.15) is 49.5 Å². The number of fused-ring (bicyclic) bond motifs is 1. The molecule has 1 aliphatic carbocycles. The van der Waals surface area contributed by atoms with Crippen LogP contribution < -0.4 is 10.1 Å². The zero-order valence-corrected chi connectivity index (χ0v) is 22.1. The third-order valence-corrected chi connectivity index (χ3v) is 7.23. The number of benzene rings is 3. The number of rotatable bonds is 7. The van der Waals surface area contributed by atoms with Crippen LogP contribution in [0.5, 0.6) is 11.8 Å². The number of carbonyl (C=O) groups is 1. The van der Waals surface area contributed by atoms with E-state index in [1.54, 1.807) is 37.3 Å². The van der Waals surface area contributed by atoms with Crippen LogP contribution in [0.4, 0.5) is 14.9 Å². The molecule has 1 atom stereocenters. The maximum absolute atomic E-state index is 13.2. The third-order valence-electron chi connectivity index (χ3n) is 7.23. The molecule has 0 spiro atoms. The molecule has 5 aromatic rings. The molecule has 1 aliphatic rings. The Bertz CT molecular complexity index is 1740. The molecule has 1 saturated carbocycles. The summed E-state index contributed by atoms with van der Waals surface area (Å²) in [6, 6.07) is 21.6. The molecule has 1 amide bonds. The first-order valence-electron chi connectivity index (χ1n) is 13.2. The summed E-state index contributed by atoms with van der Waals surface area (Å²) in [5.41, 5.74) is 4.38. The van der Waals surface area contributed by atoms with Gasteiger partial charge in [0.05, 0.1) is 16.8 Å². The van der Waals surface area contributed by atoms with Gasteiger partial charge in [0.1, 0.15) is 36.4 Å². The molecule has 0 bridgehead atoms. The Morgan fingerprint density at radius 3 is 2.46 bits per heavy atom. The minimum atomic E-state index is -0.624. The van der Waals surface area contributed by atoms with Gasteiger partial charge in [0, 0.05) is 23.2 Å². The van der Waals surface area contributed by atoms with Crippen LogP contribution in [0.2, 0.25) is 0 Å². The van der Waals surface area contributed by atoms with Crippen molar-refractivity contribution in [3.63, 3.8) is 0 Å². The fraction of sp³-hybridized carbons (Fsp3) is 0.194. The second-order valence-corrected chi connectivity index (χ2v) is 9.79. The molecule has 1 fully saturated rings. The molecule has 9 nitrogen and oxygen atoms in total. The van der Waals surface area contributed by atoms with Crippen molar-refractivity contribution in [2.24, 2.45) is 0 Å². The first kappa shape index (κ1) is 26.0. The van der Waals surface area contributed by atoms with Crippen molar-refractivity contribution in [3.05, 3.63) is 96.3 Å². The number of carbonyl (C=O) groups excluding carboxylic acids is 1. The van der Waals surface area contributed by atoms with Crippen LogP contribution in [0.3, 0.4) is 0 Å². The standard InChI is InChI=1S/C31H25FN6O3/c1-19(20-5-9-22(32)10-6-20)40-31(39)37-23-11-7-21(8-12-23)29-27(16-33)26-14-13-25(41-30-35-17-34-18-36-30)15-28(26)38(29)24-3-2-4-24/h5-15,17-19,24H,2-4H2,1H3,(H,37,39). The summed E-state index contributed by atoms with van der Waals surface area (Å²) in [5, 5.41) is 13.8. The van der Waals surface area contributed by atoms with Crippen molar-refractivity contribution in [2.75, 3.05) is 5.32 Å². The van der Waals surface area contributed by atoms with E-state index in [1.807, 2.05) is 24.3 Å². The van der Waals surface area contributed by atoms with Gasteiger partial charge in [0.15, 0.2) is 0 Å². The van der Waals surface area contributed by atoms with Gasteiger partial charge >= 0.3 is 12.1 Å². The van der Waals surface area contributed by atoms with Gasteiger partial charge in [-0.15, -0.1) is 0 Å². The molecular weight excluding hydrogens is 523 g/mol. The van der Waals surface area contributed by atoms with Crippen molar-refractivity contribution in [1.29, 1.82) is 5.26 Å². The molecule has 3 aromatic carbocycles. The first-order chi connectivity index (χ1) is 20.0. The topological polar surface area (TPSA) is 115 Å². The summed E-state index contributed by atoms with van der Waals surface area (Å²) >= 11 is 0. The lowest BCUT2D eigenvalue weighted by Gasteiger charge is -2.30. The molecule has 0 radical (unpaired) electrons. The highest BCUT2D eigenvalue weighted by atomic mass is 19.1. The van der Waals surface area contributed by atoms with Crippen molar-refractivity contribution in [3.8, 4) is 29.1 Å². The van der Waals surface area contributed by atoms with Gasteiger partial charge in [0.2, 0.25) is 0 Å². The van der Waals surface area contributed by atoms with Crippen molar-refractivity contribution in [1.82, 2.24) is 19.5 Å². The number of nitrogens with one attached hydrogen (secondary N) is 1. The molecule has 6 rings (SSSR count). The molecule has 2 aromatic heterocycles. The number of amides is 1. The highest BCUT2D eigenvalue weighted by Crippen LogP contribution is 2.43. The lowest BCUT2D eigenvalue weighted by atomic mass is 9.92. The predicted molar refractivity (Wildman–Crippen MR) is 150 cm³/mol. The fourth-order valence-corrected chi connectivity index (χ4v) is 4.98. The number of nitrogens with zero attached hydrogens (tertiary/aromatic N) is 5. The fourth-order valence-electron chi connectivity index (χ4n) is 4.98. The molecule has 41 heavy (non-hydrogen) atoms. The molecule has 2 heterocycles. The average Bonchev–Trinajstić information content (AvgIpc) is 3.26. The van der Waals surface area contributed by atoms with E-state index in [9.17, 15) is 14.4 Å². The monoisotopic (exact) mass is 548 g/mol. The van der Waals surface area contributed by atoms with Gasteiger partial charge < -0.3 is 14.0 Å². The molecule has 204 valence electrons. The Hall–Kier alpha value is -5.30. The molecular formula is C31H25FN6O3. The van der Waals surface area contributed by atoms with Crippen LogP contribution >= 0.6 is 0 Å². The number of ether oxygens (including phenoxy) is 2. The molecule has 1 N–H and O–H groups in total. The van der Waals surface area contributed by atoms with Gasteiger partial charge in [-0.2, -0.15) is 15.2 Å². The van der Waals surface area contributed by atoms with Crippen molar-refractivity contribution < 1.29 is 18.7 Å². The summed E-state index contributed by atoms with van der Waals surface area (Å²) in [4.78, 5) is 24.4. The Balaban J connectivity index is 1.28.